The SMILES string of the molecule is C=C.C=N/C(=C\N(N)CCCC(C)C)CCCCCCC. The Labute approximate surface area is 133 Å². The van der Waals surface area contributed by atoms with Gasteiger partial charge in [0.2, 0.25) is 0 Å². The van der Waals surface area contributed by atoms with Gasteiger partial charge in [0.25, 0.3) is 0 Å². The molecule has 0 aromatic carbocycles. The van der Waals surface area contributed by atoms with Gasteiger partial charge < -0.3 is 5.01 Å². The lowest BCUT2D eigenvalue weighted by Gasteiger charge is -2.15. The predicted octanol–water partition coefficient (Wildman–Crippen LogP) is 5.30. The Bertz CT molecular complexity index is 259. The smallest absolute Gasteiger partial charge is 0.0569 e. The Morgan fingerprint density at radius 2 is 1.76 bits per heavy atom. The number of hydrogen-bond donors (Lipinski definition) is 1. The van der Waals surface area contributed by atoms with E-state index >= 15 is 0 Å². The summed E-state index contributed by atoms with van der Waals surface area (Å²) in [7, 11) is 0. The molecule has 0 aliphatic carbocycles. The van der Waals surface area contributed by atoms with E-state index in [1.807, 2.05) is 6.20 Å². The normalized spacial score (nSPS) is 11.0. The van der Waals surface area contributed by atoms with E-state index in [1.54, 1.807) is 5.01 Å². The number of hydrazine groups is 1. The molecule has 0 unspecified atom stereocenters. The highest BCUT2D eigenvalue weighted by Gasteiger charge is 2.00. The van der Waals surface area contributed by atoms with Crippen LogP contribution < -0.4 is 5.84 Å². The maximum absolute atomic E-state index is 5.96. The van der Waals surface area contributed by atoms with Crippen LogP contribution in [0.1, 0.15) is 72.1 Å². The minimum absolute atomic E-state index is 0.743. The molecule has 0 fully saturated rings. The van der Waals surface area contributed by atoms with Crippen molar-refractivity contribution in [3.8, 4) is 0 Å². The molecule has 3 heteroatoms. The molecule has 21 heavy (non-hydrogen) atoms. The molecule has 0 heterocycles. The first-order chi connectivity index (χ1) is 10.1. The Hall–Kier alpha value is -1.09. The topological polar surface area (TPSA) is 41.6 Å². The minimum Gasteiger partial charge on any atom is -0.316 e. The molecule has 0 aliphatic rings. The molecule has 0 rings (SSSR count). The van der Waals surface area contributed by atoms with Crippen LogP contribution in [0.4, 0.5) is 0 Å². The lowest BCUT2D eigenvalue weighted by molar-refractivity contribution is 0.363. The molecule has 0 radical (unpaired) electrons. The molecule has 0 bridgehead atoms. The highest BCUT2D eigenvalue weighted by Crippen LogP contribution is 2.12. The fraction of sp³-hybridized carbons (Fsp3) is 0.722. The van der Waals surface area contributed by atoms with E-state index in [9.17, 15) is 0 Å². The first-order valence-corrected chi connectivity index (χ1v) is 8.28. The van der Waals surface area contributed by atoms with Crippen LogP contribution in [0.2, 0.25) is 0 Å². The van der Waals surface area contributed by atoms with Crippen LogP contribution in [-0.2, 0) is 0 Å². The summed E-state index contributed by atoms with van der Waals surface area (Å²) in [6.07, 6.45) is 11.7. The summed E-state index contributed by atoms with van der Waals surface area (Å²) >= 11 is 0. The van der Waals surface area contributed by atoms with Gasteiger partial charge in [0.1, 0.15) is 0 Å². The lowest BCUT2D eigenvalue weighted by atomic mass is 10.1. The molecule has 0 aromatic rings. The molecular weight excluding hydrogens is 258 g/mol. The van der Waals surface area contributed by atoms with Crippen LogP contribution in [0.15, 0.2) is 30.0 Å². The van der Waals surface area contributed by atoms with Crippen LogP contribution in [-0.4, -0.2) is 18.3 Å². The van der Waals surface area contributed by atoms with Crippen molar-refractivity contribution >= 4 is 6.72 Å². The summed E-state index contributed by atoms with van der Waals surface area (Å²) in [5, 5.41) is 1.76. The molecule has 0 amide bonds. The fourth-order valence-electron chi connectivity index (χ4n) is 2.03. The number of nitrogens with two attached hydrogens (primary N) is 1. The molecule has 0 atom stereocenters. The molecule has 0 spiro atoms. The number of allylic oxidation sites excluding steroid dienone is 1. The van der Waals surface area contributed by atoms with E-state index in [-0.39, 0.29) is 0 Å². The summed E-state index contributed by atoms with van der Waals surface area (Å²) in [6.45, 7) is 17.2. The van der Waals surface area contributed by atoms with Crippen molar-refractivity contribution in [2.24, 2.45) is 16.8 Å². The molecule has 2 N–H and O–H groups in total. The second-order valence-electron chi connectivity index (χ2n) is 5.72. The number of nitrogens with zero attached hydrogens (tertiary/aromatic N) is 2. The van der Waals surface area contributed by atoms with Gasteiger partial charge in [-0.2, -0.15) is 0 Å². The van der Waals surface area contributed by atoms with Crippen LogP contribution >= 0.6 is 0 Å². The van der Waals surface area contributed by atoms with E-state index < -0.39 is 0 Å². The van der Waals surface area contributed by atoms with Gasteiger partial charge in [0.15, 0.2) is 0 Å². The fourth-order valence-corrected chi connectivity index (χ4v) is 2.03. The van der Waals surface area contributed by atoms with Crippen molar-refractivity contribution in [2.45, 2.75) is 72.1 Å². The third-order valence-corrected chi connectivity index (χ3v) is 3.25. The van der Waals surface area contributed by atoms with E-state index in [0.29, 0.717) is 0 Å². The second kappa shape index (κ2) is 17.0. The van der Waals surface area contributed by atoms with Gasteiger partial charge in [-0.3, -0.25) is 4.99 Å². The minimum atomic E-state index is 0.743. The van der Waals surface area contributed by atoms with Gasteiger partial charge >= 0.3 is 0 Å². The third-order valence-electron chi connectivity index (χ3n) is 3.25. The van der Waals surface area contributed by atoms with Crippen molar-refractivity contribution in [1.82, 2.24) is 5.01 Å². The van der Waals surface area contributed by atoms with Crippen molar-refractivity contribution in [3.05, 3.63) is 25.1 Å². The van der Waals surface area contributed by atoms with Crippen molar-refractivity contribution < 1.29 is 0 Å². The van der Waals surface area contributed by atoms with Crippen LogP contribution in [0.3, 0.4) is 0 Å². The highest BCUT2D eigenvalue weighted by molar-refractivity contribution is 5.28. The molecule has 0 aromatic heterocycles. The van der Waals surface area contributed by atoms with E-state index in [0.717, 1.165) is 31.0 Å². The van der Waals surface area contributed by atoms with Crippen molar-refractivity contribution in [3.63, 3.8) is 0 Å². The molecule has 0 saturated heterocycles. The molecule has 0 aliphatic heterocycles. The van der Waals surface area contributed by atoms with Gasteiger partial charge in [-0.05, 0) is 38.3 Å². The number of rotatable bonds is 12. The zero-order valence-corrected chi connectivity index (χ0v) is 14.6. The van der Waals surface area contributed by atoms with Gasteiger partial charge in [-0.15, -0.1) is 13.2 Å². The van der Waals surface area contributed by atoms with Gasteiger partial charge in [-0.25, -0.2) is 5.84 Å². The quantitative estimate of drug-likeness (QED) is 0.174. The highest BCUT2D eigenvalue weighted by atomic mass is 15.4. The standard InChI is InChI=1S/C16H33N3.C2H4/c1-5-6-7-8-9-12-16(18-4)14-19(17)13-10-11-15(2)3;1-2/h14-15H,4-13,17H2,1-3H3;1-2H2/b16-14-;. The largest absolute Gasteiger partial charge is 0.316 e. The Kier molecular flexibility index (Phi) is 17.9. The zero-order valence-electron chi connectivity index (χ0n) is 14.6. The summed E-state index contributed by atoms with van der Waals surface area (Å²) in [5.41, 5.74) is 1.02. The maximum atomic E-state index is 5.96. The third kappa shape index (κ3) is 16.9. The Morgan fingerprint density at radius 1 is 1.14 bits per heavy atom. The van der Waals surface area contributed by atoms with Gasteiger partial charge in [0.05, 0.1) is 5.70 Å². The number of unbranched alkanes of at least 4 members (excludes halogenated alkanes) is 4. The first kappa shape index (κ1) is 22.2. The van der Waals surface area contributed by atoms with Crippen molar-refractivity contribution in [1.29, 1.82) is 0 Å². The summed E-state index contributed by atoms with van der Waals surface area (Å²) in [6, 6.07) is 0. The average molecular weight is 296 g/mol. The summed E-state index contributed by atoms with van der Waals surface area (Å²) < 4.78 is 0. The first-order valence-electron chi connectivity index (χ1n) is 8.28. The molecule has 124 valence electrons. The van der Waals surface area contributed by atoms with Crippen LogP contribution in [0.5, 0.6) is 0 Å². The number of aliphatic imine (C=N–C) groups is 1. The Balaban J connectivity index is 0. The lowest BCUT2D eigenvalue weighted by Crippen LogP contribution is -2.26. The molecular formula is C18H37N3. The molecule has 0 saturated carbocycles. The van der Waals surface area contributed by atoms with Crippen molar-refractivity contribution in [2.75, 3.05) is 6.54 Å². The monoisotopic (exact) mass is 295 g/mol. The second-order valence-corrected chi connectivity index (χ2v) is 5.72. The molecule has 3 nitrogen and oxygen atoms in total. The van der Waals surface area contributed by atoms with E-state index in [2.05, 4.69) is 45.6 Å². The average Bonchev–Trinajstić information content (AvgIpc) is 2.47. The van der Waals surface area contributed by atoms with Crippen LogP contribution in [0.25, 0.3) is 0 Å². The van der Waals surface area contributed by atoms with Gasteiger partial charge in [0, 0.05) is 12.7 Å². The predicted molar refractivity (Wildman–Crippen MR) is 97.2 cm³/mol. The number of hydrogen-bond acceptors (Lipinski definition) is 3. The van der Waals surface area contributed by atoms with Crippen LogP contribution in [0, 0.1) is 5.92 Å². The Morgan fingerprint density at radius 3 is 2.29 bits per heavy atom. The maximum Gasteiger partial charge on any atom is 0.0569 e. The summed E-state index contributed by atoms with van der Waals surface area (Å²) in [5.74, 6) is 6.70. The summed E-state index contributed by atoms with van der Waals surface area (Å²) in [4.78, 5) is 4.08. The zero-order chi connectivity index (χ0) is 16.5. The van der Waals surface area contributed by atoms with E-state index in [1.165, 1.54) is 38.5 Å². The van der Waals surface area contributed by atoms with Gasteiger partial charge in [-0.1, -0.05) is 46.5 Å². The van der Waals surface area contributed by atoms with E-state index in [4.69, 9.17) is 5.84 Å².